The van der Waals surface area contributed by atoms with E-state index in [1.807, 2.05) is 83.8 Å². The summed E-state index contributed by atoms with van der Waals surface area (Å²) in [7, 11) is 1.64. The van der Waals surface area contributed by atoms with E-state index >= 15 is 0 Å². The summed E-state index contributed by atoms with van der Waals surface area (Å²) in [5.41, 5.74) is 5.20. The fourth-order valence-electron chi connectivity index (χ4n) is 4.27. The van der Waals surface area contributed by atoms with Crippen molar-refractivity contribution < 1.29 is 14.3 Å². The van der Waals surface area contributed by atoms with Gasteiger partial charge >= 0.3 is 0 Å². The van der Waals surface area contributed by atoms with E-state index in [1.165, 1.54) is 0 Å². The predicted octanol–water partition coefficient (Wildman–Crippen LogP) is 5.50. The van der Waals surface area contributed by atoms with Crippen molar-refractivity contribution in [3.05, 3.63) is 106 Å². The van der Waals surface area contributed by atoms with Crippen molar-refractivity contribution in [2.75, 3.05) is 20.3 Å². The fourth-order valence-corrected chi connectivity index (χ4v) is 4.40. The smallest absolute Gasteiger partial charge is 0.273 e. The number of fused-ring (bicyclic) bond motifs is 1. The van der Waals surface area contributed by atoms with Gasteiger partial charge in [-0.3, -0.25) is 9.89 Å². The first kappa shape index (κ1) is 22.2. The number of aromatic nitrogens is 2. The van der Waals surface area contributed by atoms with Crippen LogP contribution in [0.1, 0.15) is 33.2 Å². The summed E-state index contributed by atoms with van der Waals surface area (Å²) in [6.07, 6.45) is 0. The zero-order valence-corrected chi connectivity index (χ0v) is 19.5. The summed E-state index contributed by atoms with van der Waals surface area (Å²) in [4.78, 5) is 15.1. The number of methoxy groups -OCH3 is 1. The third kappa shape index (κ3) is 4.30. The van der Waals surface area contributed by atoms with Crippen LogP contribution in [0.5, 0.6) is 5.75 Å². The molecule has 1 atom stereocenters. The highest BCUT2D eigenvalue weighted by Gasteiger charge is 2.41. The second-order valence-electron chi connectivity index (χ2n) is 8.10. The maximum Gasteiger partial charge on any atom is 0.273 e. The van der Waals surface area contributed by atoms with Gasteiger partial charge in [-0.25, -0.2) is 0 Å². The third-order valence-corrected chi connectivity index (χ3v) is 6.21. The number of hydrogen-bond acceptors (Lipinski definition) is 4. The molecular formula is C27H24ClN3O3. The number of benzene rings is 3. The molecule has 1 amide bonds. The molecule has 7 heteroatoms. The molecule has 0 bridgehead atoms. The second kappa shape index (κ2) is 9.71. The Balaban J connectivity index is 1.44. The van der Waals surface area contributed by atoms with Crippen LogP contribution in [0.2, 0.25) is 5.02 Å². The number of H-pyrrole nitrogens is 1. The molecule has 34 heavy (non-hydrogen) atoms. The molecule has 0 spiro atoms. The Bertz CT molecular complexity index is 1270. The molecule has 0 radical (unpaired) electrons. The van der Waals surface area contributed by atoms with Crippen molar-refractivity contribution >= 4 is 17.5 Å². The first-order valence-electron chi connectivity index (χ1n) is 11.1. The monoisotopic (exact) mass is 473 g/mol. The summed E-state index contributed by atoms with van der Waals surface area (Å²) in [5.74, 6) is 0.678. The molecule has 1 aliphatic heterocycles. The summed E-state index contributed by atoms with van der Waals surface area (Å²) < 4.78 is 11.2. The number of hydrogen-bond donors (Lipinski definition) is 1. The van der Waals surface area contributed by atoms with Crippen LogP contribution in [0, 0.1) is 0 Å². The highest BCUT2D eigenvalue weighted by Crippen LogP contribution is 2.42. The number of halogens is 1. The minimum Gasteiger partial charge on any atom is -0.489 e. The number of amides is 1. The Morgan fingerprint density at radius 2 is 1.74 bits per heavy atom. The fraction of sp³-hybridized carbons (Fsp3) is 0.185. The maximum atomic E-state index is 13.2. The number of nitrogens with one attached hydrogen (secondary N) is 1. The Kier molecular flexibility index (Phi) is 6.34. The van der Waals surface area contributed by atoms with Crippen LogP contribution in [-0.4, -0.2) is 41.3 Å². The van der Waals surface area contributed by atoms with Crippen molar-refractivity contribution in [3.8, 4) is 17.0 Å². The minimum absolute atomic E-state index is 0.0743. The van der Waals surface area contributed by atoms with Gasteiger partial charge in [0.15, 0.2) is 0 Å². The molecule has 4 aromatic rings. The SMILES string of the molecule is COCCN1C(=O)c2[nH]nc(-c3ccccc3)c2C1c1ccc(OCc2ccc(Cl)cc2)cc1. The van der Waals surface area contributed by atoms with E-state index < -0.39 is 0 Å². The first-order chi connectivity index (χ1) is 16.7. The molecule has 0 saturated carbocycles. The van der Waals surface area contributed by atoms with Crippen LogP contribution in [0.15, 0.2) is 78.9 Å². The van der Waals surface area contributed by atoms with Crippen LogP contribution in [-0.2, 0) is 11.3 Å². The van der Waals surface area contributed by atoms with Crippen LogP contribution >= 0.6 is 11.6 Å². The molecule has 1 N–H and O–H groups in total. The lowest BCUT2D eigenvalue weighted by Gasteiger charge is -2.26. The van der Waals surface area contributed by atoms with Gasteiger partial charge in [0.05, 0.1) is 18.3 Å². The third-order valence-electron chi connectivity index (χ3n) is 5.96. The predicted molar refractivity (Wildman–Crippen MR) is 131 cm³/mol. The van der Waals surface area contributed by atoms with Gasteiger partial charge in [0, 0.05) is 29.8 Å². The second-order valence-corrected chi connectivity index (χ2v) is 8.54. The molecule has 3 aromatic carbocycles. The Hall–Kier alpha value is -3.61. The number of carbonyl (C=O) groups excluding carboxylic acids is 1. The molecule has 172 valence electrons. The molecule has 1 aromatic heterocycles. The van der Waals surface area contributed by atoms with Crippen molar-refractivity contribution in [1.82, 2.24) is 15.1 Å². The topological polar surface area (TPSA) is 67.5 Å². The summed E-state index contributed by atoms with van der Waals surface area (Å²) in [5, 5.41) is 8.18. The van der Waals surface area contributed by atoms with Crippen molar-refractivity contribution in [3.63, 3.8) is 0 Å². The van der Waals surface area contributed by atoms with Crippen LogP contribution in [0.4, 0.5) is 0 Å². The van der Waals surface area contributed by atoms with E-state index in [0.29, 0.717) is 30.5 Å². The molecule has 6 nitrogen and oxygen atoms in total. The van der Waals surface area contributed by atoms with Gasteiger partial charge in [-0.2, -0.15) is 5.10 Å². The molecule has 5 rings (SSSR count). The number of carbonyl (C=O) groups is 1. The quantitative estimate of drug-likeness (QED) is 0.367. The number of rotatable bonds is 8. The Morgan fingerprint density at radius 3 is 2.44 bits per heavy atom. The normalized spacial score (nSPS) is 14.9. The van der Waals surface area contributed by atoms with Gasteiger partial charge in [-0.05, 0) is 35.4 Å². The van der Waals surface area contributed by atoms with Gasteiger partial charge in [0.2, 0.25) is 0 Å². The van der Waals surface area contributed by atoms with Crippen molar-refractivity contribution in [2.45, 2.75) is 12.6 Å². The molecule has 2 heterocycles. The first-order valence-corrected chi connectivity index (χ1v) is 11.4. The Morgan fingerprint density at radius 1 is 1.00 bits per heavy atom. The van der Waals surface area contributed by atoms with E-state index in [2.05, 4.69) is 10.2 Å². The van der Waals surface area contributed by atoms with Crippen molar-refractivity contribution in [1.29, 1.82) is 0 Å². The lowest BCUT2D eigenvalue weighted by molar-refractivity contribution is 0.0677. The van der Waals surface area contributed by atoms with E-state index in [-0.39, 0.29) is 11.9 Å². The number of nitrogens with zero attached hydrogens (tertiary/aromatic N) is 2. The van der Waals surface area contributed by atoms with Gasteiger partial charge in [0.1, 0.15) is 18.1 Å². The largest absolute Gasteiger partial charge is 0.489 e. The van der Waals surface area contributed by atoms with E-state index in [0.717, 1.165) is 33.7 Å². The van der Waals surface area contributed by atoms with E-state index in [1.54, 1.807) is 7.11 Å². The zero-order valence-electron chi connectivity index (χ0n) is 18.7. The Labute approximate surface area is 203 Å². The molecule has 0 fully saturated rings. The number of aromatic amines is 1. The lowest BCUT2D eigenvalue weighted by atomic mass is 9.96. The molecule has 0 saturated heterocycles. The minimum atomic E-state index is -0.267. The summed E-state index contributed by atoms with van der Waals surface area (Å²) in [6, 6.07) is 25.1. The van der Waals surface area contributed by atoms with Gasteiger partial charge in [-0.15, -0.1) is 0 Å². The van der Waals surface area contributed by atoms with Crippen LogP contribution in [0.25, 0.3) is 11.3 Å². The molecule has 1 aliphatic rings. The highest BCUT2D eigenvalue weighted by molar-refractivity contribution is 6.30. The summed E-state index contributed by atoms with van der Waals surface area (Å²) >= 11 is 5.96. The van der Waals surface area contributed by atoms with Gasteiger partial charge in [0.25, 0.3) is 5.91 Å². The average Bonchev–Trinajstić information content (AvgIpc) is 3.42. The highest BCUT2D eigenvalue weighted by atomic mass is 35.5. The number of ether oxygens (including phenoxy) is 2. The van der Waals surface area contributed by atoms with Gasteiger partial charge < -0.3 is 14.4 Å². The van der Waals surface area contributed by atoms with Gasteiger partial charge in [-0.1, -0.05) is 66.2 Å². The summed E-state index contributed by atoms with van der Waals surface area (Å²) in [6.45, 7) is 1.37. The lowest BCUT2D eigenvalue weighted by Crippen LogP contribution is -2.32. The molecule has 0 aliphatic carbocycles. The maximum absolute atomic E-state index is 13.2. The standard InChI is InChI=1S/C27H24ClN3O3/c1-33-16-15-31-26(23-24(19-5-3-2-4-6-19)29-30-25(23)27(31)32)20-9-13-22(14-10-20)34-17-18-7-11-21(28)12-8-18/h2-14,26H,15-17H2,1H3,(H,29,30). The van der Waals surface area contributed by atoms with Crippen molar-refractivity contribution in [2.24, 2.45) is 0 Å². The zero-order chi connectivity index (χ0) is 23.5. The molecular weight excluding hydrogens is 450 g/mol. The average molecular weight is 474 g/mol. The van der Waals surface area contributed by atoms with E-state index in [9.17, 15) is 4.79 Å². The van der Waals surface area contributed by atoms with Crippen LogP contribution in [0.3, 0.4) is 0 Å². The molecule has 1 unspecified atom stereocenters. The van der Waals surface area contributed by atoms with Crippen LogP contribution < -0.4 is 4.74 Å². The van der Waals surface area contributed by atoms with E-state index in [4.69, 9.17) is 21.1 Å².